The van der Waals surface area contributed by atoms with Gasteiger partial charge in [0.15, 0.2) is 4.90 Å². The standard InChI is InChI=1S/C12H17N3O5S/c1-13-10-4-3-5-11(12(10)15(16)17)21(18,19)14(2)9-6-7-20-8-9/h3-5,9,13H,6-8H2,1-2H3. The number of nitrogens with zero attached hydrogens (tertiary/aromatic N) is 2. The number of para-hydroxylation sites is 1. The highest BCUT2D eigenvalue weighted by molar-refractivity contribution is 7.89. The van der Waals surface area contributed by atoms with Gasteiger partial charge in [-0.1, -0.05) is 6.07 Å². The van der Waals surface area contributed by atoms with Crippen molar-refractivity contribution in [3.63, 3.8) is 0 Å². The second-order valence-corrected chi connectivity index (χ2v) is 6.66. The summed E-state index contributed by atoms with van der Waals surface area (Å²) in [4.78, 5) is 10.3. The van der Waals surface area contributed by atoms with Crippen LogP contribution in [0.4, 0.5) is 11.4 Å². The molecule has 21 heavy (non-hydrogen) atoms. The van der Waals surface area contributed by atoms with Crippen LogP contribution < -0.4 is 5.32 Å². The van der Waals surface area contributed by atoms with E-state index in [-0.39, 0.29) is 16.6 Å². The van der Waals surface area contributed by atoms with Gasteiger partial charge < -0.3 is 10.1 Å². The van der Waals surface area contributed by atoms with Gasteiger partial charge in [0.25, 0.3) is 0 Å². The molecule has 0 radical (unpaired) electrons. The topological polar surface area (TPSA) is 102 Å². The third kappa shape index (κ3) is 2.85. The average Bonchev–Trinajstić information content (AvgIpc) is 2.99. The number of nitrogens with one attached hydrogen (secondary N) is 1. The molecule has 1 saturated heterocycles. The molecule has 9 heteroatoms. The fraction of sp³-hybridized carbons (Fsp3) is 0.500. The molecule has 0 amide bonds. The van der Waals surface area contributed by atoms with E-state index in [1.165, 1.54) is 32.3 Å². The molecule has 0 aliphatic carbocycles. The van der Waals surface area contributed by atoms with Gasteiger partial charge in [0.05, 0.1) is 17.6 Å². The lowest BCUT2D eigenvalue weighted by Gasteiger charge is -2.22. The smallest absolute Gasteiger partial charge is 0.312 e. The minimum absolute atomic E-state index is 0.164. The summed E-state index contributed by atoms with van der Waals surface area (Å²) in [6.07, 6.45) is 0.579. The molecule has 8 nitrogen and oxygen atoms in total. The van der Waals surface area contributed by atoms with Gasteiger partial charge in [0.1, 0.15) is 5.69 Å². The molecular formula is C12H17N3O5S. The van der Waals surface area contributed by atoms with Gasteiger partial charge in [-0.3, -0.25) is 10.1 Å². The Morgan fingerprint density at radius 3 is 2.71 bits per heavy atom. The molecule has 0 aromatic heterocycles. The van der Waals surface area contributed by atoms with Gasteiger partial charge in [0, 0.05) is 20.7 Å². The second-order valence-electron chi connectivity index (χ2n) is 4.70. The summed E-state index contributed by atoms with van der Waals surface area (Å²) < 4.78 is 31.6. The normalized spacial score (nSPS) is 18.9. The summed E-state index contributed by atoms with van der Waals surface area (Å²) in [6.45, 7) is 0.790. The molecule has 0 saturated carbocycles. The summed E-state index contributed by atoms with van der Waals surface area (Å²) in [5.41, 5.74) is -0.275. The van der Waals surface area contributed by atoms with E-state index in [0.717, 1.165) is 4.31 Å². The Balaban J connectivity index is 2.51. The summed E-state index contributed by atoms with van der Waals surface area (Å²) in [7, 11) is -1.03. The largest absolute Gasteiger partial charge is 0.383 e. The van der Waals surface area contributed by atoms with Crippen LogP contribution in [0.25, 0.3) is 0 Å². The first-order chi connectivity index (χ1) is 9.89. The number of likely N-dealkylation sites (N-methyl/N-ethyl adjacent to an activating group) is 1. The van der Waals surface area contributed by atoms with Crippen molar-refractivity contribution in [2.24, 2.45) is 0 Å². The number of nitro benzene ring substituents is 1. The molecule has 0 spiro atoms. The Labute approximate surface area is 122 Å². The third-order valence-electron chi connectivity index (χ3n) is 3.53. The van der Waals surface area contributed by atoms with Gasteiger partial charge in [-0.25, -0.2) is 8.42 Å². The zero-order valence-electron chi connectivity index (χ0n) is 11.8. The Morgan fingerprint density at radius 2 is 2.19 bits per heavy atom. The molecule has 2 rings (SSSR count). The van der Waals surface area contributed by atoms with Gasteiger partial charge >= 0.3 is 5.69 Å². The first-order valence-electron chi connectivity index (χ1n) is 6.40. The molecule has 1 aliphatic heterocycles. The number of anilines is 1. The number of ether oxygens (including phenoxy) is 1. The maximum atomic E-state index is 12.7. The highest BCUT2D eigenvalue weighted by Crippen LogP contribution is 2.34. The highest BCUT2D eigenvalue weighted by Gasteiger charge is 2.36. The van der Waals surface area contributed by atoms with E-state index in [1.54, 1.807) is 0 Å². The van der Waals surface area contributed by atoms with Crippen molar-refractivity contribution >= 4 is 21.4 Å². The van der Waals surface area contributed by atoms with Crippen molar-refractivity contribution in [3.8, 4) is 0 Å². The number of sulfonamides is 1. The lowest BCUT2D eigenvalue weighted by atomic mass is 10.2. The number of hydrogen-bond acceptors (Lipinski definition) is 6. The van der Waals surface area contributed by atoms with Crippen LogP contribution in [0, 0.1) is 10.1 Å². The van der Waals surface area contributed by atoms with Crippen LogP contribution in [-0.4, -0.2) is 51.0 Å². The molecule has 0 bridgehead atoms. The first-order valence-corrected chi connectivity index (χ1v) is 7.84. The molecular weight excluding hydrogens is 298 g/mol. The molecule has 1 aliphatic rings. The quantitative estimate of drug-likeness (QED) is 0.643. The SMILES string of the molecule is CNc1cccc(S(=O)(=O)N(C)C2CCOC2)c1[N+](=O)[O-]. The lowest BCUT2D eigenvalue weighted by molar-refractivity contribution is -0.386. The summed E-state index contributed by atoms with van der Waals surface area (Å²) >= 11 is 0. The Morgan fingerprint density at radius 1 is 1.48 bits per heavy atom. The highest BCUT2D eigenvalue weighted by atomic mass is 32.2. The van der Waals surface area contributed by atoms with E-state index < -0.39 is 20.6 Å². The van der Waals surface area contributed by atoms with Crippen molar-refractivity contribution < 1.29 is 18.1 Å². The van der Waals surface area contributed by atoms with Crippen molar-refractivity contribution in [3.05, 3.63) is 28.3 Å². The van der Waals surface area contributed by atoms with E-state index in [4.69, 9.17) is 4.74 Å². The van der Waals surface area contributed by atoms with E-state index in [0.29, 0.717) is 19.6 Å². The number of nitro groups is 1. The molecule has 1 N–H and O–H groups in total. The third-order valence-corrected chi connectivity index (χ3v) is 5.47. The van der Waals surface area contributed by atoms with E-state index in [2.05, 4.69) is 5.32 Å². The first kappa shape index (κ1) is 15.7. The molecule has 116 valence electrons. The van der Waals surface area contributed by atoms with Crippen LogP contribution in [0.1, 0.15) is 6.42 Å². The Kier molecular flexibility index (Phi) is 4.45. The molecule has 1 fully saturated rings. The Bertz CT molecular complexity index is 640. The van der Waals surface area contributed by atoms with Crippen LogP contribution in [0.2, 0.25) is 0 Å². The summed E-state index contributed by atoms with van der Waals surface area (Å²) in [5, 5.41) is 13.9. The molecule has 1 aromatic carbocycles. The second kappa shape index (κ2) is 5.96. The predicted octanol–water partition coefficient (Wildman–Crippen LogP) is 1.05. The van der Waals surface area contributed by atoms with Crippen molar-refractivity contribution in [2.75, 3.05) is 32.6 Å². The Hall–Kier alpha value is -1.71. The summed E-state index contributed by atoms with van der Waals surface area (Å²) in [5.74, 6) is 0. The molecule has 1 unspecified atom stereocenters. The van der Waals surface area contributed by atoms with E-state index >= 15 is 0 Å². The van der Waals surface area contributed by atoms with Crippen LogP contribution in [0.5, 0.6) is 0 Å². The van der Waals surface area contributed by atoms with E-state index in [1.807, 2.05) is 0 Å². The maximum absolute atomic E-state index is 12.7. The minimum atomic E-state index is -3.96. The zero-order chi connectivity index (χ0) is 15.6. The van der Waals surface area contributed by atoms with Crippen LogP contribution in [0.3, 0.4) is 0 Å². The van der Waals surface area contributed by atoms with E-state index in [9.17, 15) is 18.5 Å². The van der Waals surface area contributed by atoms with Crippen LogP contribution in [-0.2, 0) is 14.8 Å². The van der Waals surface area contributed by atoms with Crippen LogP contribution >= 0.6 is 0 Å². The number of rotatable bonds is 5. The van der Waals surface area contributed by atoms with Gasteiger partial charge in [-0.2, -0.15) is 4.31 Å². The predicted molar refractivity (Wildman–Crippen MR) is 76.8 cm³/mol. The van der Waals surface area contributed by atoms with Crippen molar-refractivity contribution in [1.82, 2.24) is 4.31 Å². The number of benzene rings is 1. The van der Waals surface area contributed by atoms with Crippen LogP contribution in [0.15, 0.2) is 23.1 Å². The van der Waals surface area contributed by atoms with Gasteiger partial charge in [-0.15, -0.1) is 0 Å². The van der Waals surface area contributed by atoms with Crippen molar-refractivity contribution in [2.45, 2.75) is 17.4 Å². The average molecular weight is 315 g/mol. The fourth-order valence-electron chi connectivity index (χ4n) is 2.28. The fourth-order valence-corrected chi connectivity index (χ4v) is 3.83. The lowest BCUT2D eigenvalue weighted by Crippen LogP contribution is -2.37. The van der Waals surface area contributed by atoms with Gasteiger partial charge in [-0.05, 0) is 18.6 Å². The van der Waals surface area contributed by atoms with Gasteiger partial charge in [0.2, 0.25) is 10.0 Å². The maximum Gasteiger partial charge on any atom is 0.312 e. The number of hydrogen-bond donors (Lipinski definition) is 1. The molecule has 1 aromatic rings. The molecule has 1 heterocycles. The van der Waals surface area contributed by atoms with Crippen molar-refractivity contribution in [1.29, 1.82) is 0 Å². The summed E-state index contributed by atoms with van der Waals surface area (Å²) in [6, 6.07) is 3.90. The molecule has 1 atom stereocenters. The monoisotopic (exact) mass is 315 g/mol. The minimum Gasteiger partial charge on any atom is -0.383 e. The zero-order valence-corrected chi connectivity index (χ0v) is 12.6.